The third kappa shape index (κ3) is 5.41. The molecule has 0 bridgehead atoms. The van der Waals surface area contributed by atoms with E-state index in [0.29, 0.717) is 23.5 Å². The molecule has 0 aliphatic rings. The lowest BCUT2D eigenvalue weighted by Crippen LogP contribution is -2.20. The van der Waals surface area contributed by atoms with E-state index < -0.39 is 0 Å². The van der Waals surface area contributed by atoms with E-state index in [-0.39, 0.29) is 19.0 Å². The molecule has 2 rings (SSSR count). The molecule has 116 valence electrons. The Morgan fingerprint density at radius 2 is 2.19 bits per heavy atom. The first-order chi connectivity index (χ1) is 9.69. The van der Waals surface area contributed by atoms with Gasteiger partial charge in [0.2, 0.25) is 5.89 Å². The van der Waals surface area contributed by atoms with Crippen LogP contribution in [0.5, 0.6) is 5.75 Å². The lowest BCUT2D eigenvalue weighted by molar-refractivity contribution is 0.311. The van der Waals surface area contributed by atoms with Crippen LogP contribution in [-0.4, -0.2) is 30.4 Å². The van der Waals surface area contributed by atoms with Crippen LogP contribution >= 0.6 is 24.0 Å². The largest absolute Gasteiger partial charge is 0.493 e. The number of anilines is 1. The van der Waals surface area contributed by atoms with E-state index in [0.717, 1.165) is 18.7 Å². The highest BCUT2D eigenvalue weighted by atomic mass is 35.5. The van der Waals surface area contributed by atoms with Crippen molar-refractivity contribution in [2.24, 2.45) is 5.73 Å². The van der Waals surface area contributed by atoms with Crippen LogP contribution in [0.2, 0.25) is 5.02 Å². The lowest BCUT2D eigenvalue weighted by atomic mass is 10.3. The number of aromatic nitrogens is 2. The van der Waals surface area contributed by atoms with E-state index in [1.54, 1.807) is 6.07 Å². The second-order valence-corrected chi connectivity index (χ2v) is 4.70. The minimum absolute atomic E-state index is 0. The standard InChI is InChI=1S/C13H17ClN4O2.ClH/c1-18(13-17-16-12(9-15)20-13)6-3-7-19-11-5-2-4-10(14)8-11;/h2,4-5,8H,3,6-7,9,15H2,1H3;1H. The maximum absolute atomic E-state index is 5.88. The summed E-state index contributed by atoms with van der Waals surface area (Å²) in [5.41, 5.74) is 5.42. The SMILES string of the molecule is CN(CCCOc1cccc(Cl)c1)c1nnc(CN)o1.Cl. The molecule has 1 heterocycles. The van der Waals surface area contributed by atoms with Crippen molar-refractivity contribution in [3.63, 3.8) is 0 Å². The number of halogens is 2. The van der Waals surface area contributed by atoms with Crippen LogP contribution in [0.3, 0.4) is 0 Å². The number of ether oxygens (including phenoxy) is 1. The van der Waals surface area contributed by atoms with Gasteiger partial charge in [0, 0.05) is 18.6 Å². The topological polar surface area (TPSA) is 77.4 Å². The summed E-state index contributed by atoms with van der Waals surface area (Å²) in [5.74, 6) is 1.20. The van der Waals surface area contributed by atoms with Crippen LogP contribution in [-0.2, 0) is 6.54 Å². The Morgan fingerprint density at radius 1 is 1.38 bits per heavy atom. The van der Waals surface area contributed by atoms with Gasteiger partial charge in [-0.05, 0) is 24.6 Å². The van der Waals surface area contributed by atoms with Gasteiger partial charge in [-0.2, -0.15) is 0 Å². The molecule has 0 saturated heterocycles. The molecule has 2 N–H and O–H groups in total. The average molecular weight is 333 g/mol. The van der Waals surface area contributed by atoms with E-state index in [4.69, 9.17) is 26.5 Å². The molecule has 8 heteroatoms. The van der Waals surface area contributed by atoms with Gasteiger partial charge in [0.15, 0.2) is 0 Å². The Hall–Kier alpha value is -1.50. The van der Waals surface area contributed by atoms with Crippen LogP contribution < -0.4 is 15.4 Å². The molecule has 1 aromatic heterocycles. The predicted octanol–water partition coefficient (Wildman–Crippen LogP) is 2.51. The van der Waals surface area contributed by atoms with Crippen molar-refractivity contribution >= 4 is 30.0 Å². The van der Waals surface area contributed by atoms with Gasteiger partial charge in [0.1, 0.15) is 5.75 Å². The molecule has 0 radical (unpaired) electrons. The zero-order valence-corrected chi connectivity index (χ0v) is 13.2. The fourth-order valence-electron chi connectivity index (χ4n) is 1.63. The Morgan fingerprint density at radius 3 is 2.86 bits per heavy atom. The van der Waals surface area contributed by atoms with Crippen LogP contribution in [0.25, 0.3) is 0 Å². The van der Waals surface area contributed by atoms with Crippen LogP contribution in [0.1, 0.15) is 12.3 Å². The molecule has 0 spiro atoms. The zero-order chi connectivity index (χ0) is 14.4. The van der Waals surface area contributed by atoms with Crippen LogP contribution in [0, 0.1) is 0 Å². The van der Waals surface area contributed by atoms with E-state index >= 15 is 0 Å². The maximum Gasteiger partial charge on any atom is 0.317 e. The van der Waals surface area contributed by atoms with Gasteiger partial charge in [0.05, 0.1) is 13.2 Å². The highest BCUT2D eigenvalue weighted by Gasteiger charge is 2.09. The molecule has 0 atom stereocenters. The highest BCUT2D eigenvalue weighted by Crippen LogP contribution is 2.17. The number of hydrogen-bond donors (Lipinski definition) is 1. The maximum atomic E-state index is 5.88. The lowest BCUT2D eigenvalue weighted by Gasteiger charge is -2.13. The second kappa shape index (κ2) is 8.71. The van der Waals surface area contributed by atoms with Crippen molar-refractivity contribution in [1.82, 2.24) is 10.2 Å². The van der Waals surface area contributed by atoms with Gasteiger partial charge in [-0.15, -0.1) is 17.5 Å². The number of rotatable bonds is 7. The Labute approximate surface area is 134 Å². The van der Waals surface area contributed by atoms with E-state index in [1.807, 2.05) is 30.1 Å². The van der Waals surface area contributed by atoms with Crippen molar-refractivity contribution in [2.45, 2.75) is 13.0 Å². The first-order valence-corrected chi connectivity index (χ1v) is 6.69. The fraction of sp³-hybridized carbons (Fsp3) is 0.385. The zero-order valence-electron chi connectivity index (χ0n) is 11.7. The molecule has 0 amide bonds. The van der Waals surface area contributed by atoms with Gasteiger partial charge < -0.3 is 19.8 Å². The molecular weight excluding hydrogens is 315 g/mol. The smallest absolute Gasteiger partial charge is 0.317 e. The van der Waals surface area contributed by atoms with Crippen molar-refractivity contribution in [3.05, 3.63) is 35.2 Å². The summed E-state index contributed by atoms with van der Waals surface area (Å²) < 4.78 is 10.9. The third-order valence-corrected chi connectivity index (χ3v) is 2.90. The van der Waals surface area contributed by atoms with Crippen molar-refractivity contribution in [1.29, 1.82) is 0 Å². The molecule has 21 heavy (non-hydrogen) atoms. The van der Waals surface area contributed by atoms with Gasteiger partial charge in [0.25, 0.3) is 0 Å². The normalized spacial score (nSPS) is 10.0. The number of nitrogens with two attached hydrogens (primary N) is 1. The quantitative estimate of drug-likeness (QED) is 0.785. The van der Waals surface area contributed by atoms with Crippen molar-refractivity contribution in [2.75, 3.05) is 25.1 Å². The minimum Gasteiger partial charge on any atom is -0.493 e. The molecule has 0 aliphatic heterocycles. The monoisotopic (exact) mass is 332 g/mol. The van der Waals surface area contributed by atoms with Crippen LogP contribution in [0.4, 0.5) is 6.01 Å². The molecule has 0 aliphatic carbocycles. The third-order valence-electron chi connectivity index (χ3n) is 2.66. The number of hydrogen-bond acceptors (Lipinski definition) is 6. The first kappa shape index (κ1) is 17.6. The van der Waals surface area contributed by atoms with Crippen LogP contribution in [0.15, 0.2) is 28.7 Å². The summed E-state index contributed by atoms with van der Waals surface area (Å²) in [5, 5.41) is 8.38. The molecule has 0 saturated carbocycles. The minimum atomic E-state index is 0. The predicted molar refractivity (Wildman–Crippen MR) is 84.3 cm³/mol. The summed E-state index contributed by atoms with van der Waals surface area (Å²) in [7, 11) is 1.88. The summed E-state index contributed by atoms with van der Waals surface area (Å²) in [6.45, 7) is 1.58. The summed E-state index contributed by atoms with van der Waals surface area (Å²) in [6.07, 6.45) is 0.823. The summed E-state index contributed by atoms with van der Waals surface area (Å²) in [6, 6.07) is 7.80. The number of benzene rings is 1. The Bertz CT molecular complexity index is 550. The first-order valence-electron chi connectivity index (χ1n) is 6.31. The molecular formula is C13H18Cl2N4O2. The summed E-state index contributed by atoms with van der Waals surface area (Å²) >= 11 is 5.88. The molecule has 0 fully saturated rings. The summed E-state index contributed by atoms with van der Waals surface area (Å²) in [4.78, 5) is 1.87. The Kier molecular flexibility index (Phi) is 7.28. The van der Waals surface area contributed by atoms with Gasteiger partial charge in [-0.3, -0.25) is 0 Å². The van der Waals surface area contributed by atoms with E-state index in [9.17, 15) is 0 Å². The Balaban J connectivity index is 0.00000220. The van der Waals surface area contributed by atoms with Gasteiger partial charge >= 0.3 is 6.01 Å². The molecule has 6 nitrogen and oxygen atoms in total. The van der Waals surface area contributed by atoms with Crippen molar-refractivity contribution in [3.8, 4) is 5.75 Å². The van der Waals surface area contributed by atoms with E-state index in [2.05, 4.69) is 10.2 Å². The second-order valence-electron chi connectivity index (χ2n) is 4.26. The van der Waals surface area contributed by atoms with E-state index in [1.165, 1.54) is 0 Å². The highest BCUT2D eigenvalue weighted by molar-refractivity contribution is 6.30. The number of nitrogens with zero attached hydrogens (tertiary/aromatic N) is 3. The average Bonchev–Trinajstić information content (AvgIpc) is 2.92. The van der Waals surface area contributed by atoms with Gasteiger partial charge in [-0.25, -0.2) is 0 Å². The van der Waals surface area contributed by atoms with Crippen molar-refractivity contribution < 1.29 is 9.15 Å². The molecule has 0 unspecified atom stereocenters. The molecule has 2 aromatic rings. The fourth-order valence-corrected chi connectivity index (χ4v) is 1.81. The molecule has 1 aromatic carbocycles. The van der Waals surface area contributed by atoms with Gasteiger partial charge in [-0.1, -0.05) is 22.8 Å².